The van der Waals surface area contributed by atoms with Gasteiger partial charge in [0.1, 0.15) is 5.60 Å². The number of carbonyl (C=O) groups excluding carboxylic acids is 2. The van der Waals surface area contributed by atoms with E-state index >= 15 is 0 Å². The molecule has 100 valence electrons. The lowest BCUT2D eigenvalue weighted by molar-refractivity contribution is -0.155. The van der Waals surface area contributed by atoms with Crippen molar-refractivity contribution >= 4 is 11.9 Å². The van der Waals surface area contributed by atoms with Crippen molar-refractivity contribution in [3.8, 4) is 0 Å². The fourth-order valence-corrected chi connectivity index (χ4v) is 1.27. The van der Waals surface area contributed by atoms with Crippen LogP contribution >= 0.6 is 0 Å². The van der Waals surface area contributed by atoms with E-state index in [0.717, 1.165) is 5.69 Å². The highest BCUT2D eigenvalue weighted by Gasteiger charge is 2.16. The summed E-state index contributed by atoms with van der Waals surface area (Å²) in [5.41, 5.74) is 0.310. The Morgan fingerprint density at radius 1 is 1.39 bits per heavy atom. The summed E-state index contributed by atoms with van der Waals surface area (Å²) >= 11 is 0. The fraction of sp³-hybridized carbons (Fsp3) is 0.583. The minimum atomic E-state index is -0.510. The number of rotatable bonds is 5. The number of nitrogens with zero attached hydrogens (tertiary/aromatic N) is 1. The molecule has 1 heterocycles. The normalized spacial score (nSPS) is 11.1. The molecular weight excluding hydrogens is 234 g/mol. The van der Waals surface area contributed by atoms with Crippen molar-refractivity contribution in [1.82, 2.24) is 15.3 Å². The standard InChI is InChI=1S/C12H19N3O3/c1-12(2,3)18-11(17)5-4-10(16)14-7-9-6-13-8-15-9/h6,8H,4-5,7H2,1-3H3,(H,13,15)(H,14,16). The first-order chi connectivity index (χ1) is 8.37. The quantitative estimate of drug-likeness (QED) is 0.771. The third-order valence-corrected chi connectivity index (χ3v) is 2.01. The molecule has 0 radical (unpaired) electrons. The molecule has 18 heavy (non-hydrogen) atoms. The zero-order chi connectivity index (χ0) is 13.6. The van der Waals surface area contributed by atoms with Crippen molar-refractivity contribution in [2.24, 2.45) is 0 Å². The van der Waals surface area contributed by atoms with Gasteiger partial charge in [-0.15, -0.1) is 0 Å². The molecule has 1 aromatic rings. The number of esters is 1. The molecule has 0 aliphatic rings. The predicted molar refractivity (Wildman–Crippen MR) is 65.5 cm³/mol. The number of ether oxygens (including phenoxy) is 1. The fourth-order valence-electron chi connectivity index (χ4n) is 1.27. The van der Waals surface area contributed by atoms with Crippen LogP contribution in [-0.2, 0) is 20.9 Å². The molecule has 6 nitrogen and oxygen atoms in total. The van der Waals surface area contributed by atoms with E-state index in [0.29, 0.717) is 6.54 Å². The monoisotopic (exact) mass is 253 g/mol. The predicted octanol–water partition coefficient (Wildman–Crippen LogP) is 1.15. The van der Waals surface area contributed by atoms with Crippen LogP contribution in [0.15, 0.2) is 12.5 Å². The molecule has 1 amide bonds. The number of aromatic amines is 1. The van der Waals surface area contributed by atoms with Crippen molar-refractivity contribution in [3.63, 3.8) is 0 Å². The SMILES string of the molecule is CC(C)(C)OC(=O)CCC(=O)NCc1cnc[nH]1. The van der Waals surface area contributed by atoms with Gasteiger partial charge in [-0.3, -0.25) is 9.59 Å². The summed E-state index contributed by atoms with van der Waals surface area (Å²) in [7, 11) is 0. The van der Waals surface area contributed by atoms with Gasteiger partial charge in [-0.05, 0) is 20.8 Å². The first kappa shape index (κ1) is 14.2. The van der Waals surface area contributed by atoms with Crippen LogP contribution in [0, 0.1) is 0 Å². The van der Waals surface area contributed by atoms with Crippen LogP contribution in [0.4, 0.5) is 0 Å². The summed E-state index contributed by atoms with van der Waals surface area (Å²) in [4.78, 5) is 29.5. The zero-order valence-corrected chi connectivity index (χ0v) is 10.9. The summed E-state index contributed by atoms with van der Waals surface area (Å²) in [6.07, 6.45) is 3.39. The second kappa shape index (κ2) is 6.18. The largest absolute Gasteiger partial charge is 0.460 e. The number of nitrogens with one attached hydrogen (secondary N) is 2. The van der Waals surface area contributed by atoms with E-state index in [1.165, 1.54) is 0 Å². The number of amides is 1. The number of imidazole rings is 1. The van der Waals surface area contributed by atoms with Gasteiger partial charge in [-0.1, -0.05) is 0 Å². The van der Waals surface area contributed by atoms with Crippen LogP contribution in [0.5, 0.6) is 0 Å². The number of H-pyrrole nitrogens is 1. The molecule has 1 aromatic heterocycles. The summed E-state index contributed by atoms with van der Waals surface area (Å²) in [5.74, 6) is -0.547. The van der Waals surface area contributed by atoms with E-state index in [1.807, 2.05) is 0 Å². The van der Waals surface area contributed by atoms with E-state index in [2.05, 4.69) is 15.3 Å². The molecule has 0 fully saturated rings. The van der Waals surface area contributed by atoms with Crippen LogP contribution < -0.4 is 5.32 Å². The molecule has 1 rings (SSSR count). The minimum Gasteiger partial charge on any atom is -0.460 e. The second-order valence-corrected chi connectivity index (χ2v) is 4.94. The van der Waals surface area contributed by atoms with Gasteiger partial charge in [-0.2, -0.15) is 0 Å². The number of aromatic nitrogens is 2. The van der Waals surface area contributed by atoms with Crippen molar-refractivity contribution in [3.05, 3.63) is 18.2 Å². The Bertz CT molecular complexity index is 393. The van der Waals surface area contributed by atoms with Crippen LogP contribution in [0.1, 0.15) is 39.3 Å². The van der Waals surface area contributed by atoms with Crippen molar-refractivity contribution in [1.29, 1.82) is 0 Å². The molecule has 2 N–H and O–H groups in total. The first-order valence-electron chi connectivity index (χ1n) is 5.82. The van der Waals surface area contributed by atoms with Crippen molar-refractivity contribution < 1.29 is 14.3 Å². The Balaban J connectivity index is 2.19. The van der Waals surface area contributed by atoms with Gasteiger partial charge in [0.25, 0.3) is 0 Å². The smallest absolute Gasteiger partial charge is 0.306 e. The number of hydrogen-bond acceptors (Lipinski definition) is 4. The lowest BCUT2D eigenvalue weighted by atomic mass is 10.2. The molecule has 0 atom stereocenters. The molecular formula is C12H19N3O3. The molecule has 0 unspecified atom stereocenters. The van der Waals surface area contributed by atoms with E-state index in [-0.39, 0.29) is 24.7 Å². The molecule has 0 bridgehead atoms. The lowest BCUT2D eigenvalue weighted by Crippen LogP contribution is -2.27. The Morgan fingerprint density at radius 3 is 2.67 bits per heavy atom. The lowest BCUT2D eigenvalue weighted by Gasteiger charge is -2.19. The Hall–Kier alpha value is -1.85. The first-order valence-corrected chi connectivity index (χ1v) is 5.82. The van der Waals surface area contributed by atoms with Gasteiger partial charge < -0.3 is 15.0 Å². The molecule has 0 spiro atoms. The summed E-state index contributed by atoms with van der Waals surface area (Å²) < 4.78 is 5.10. The molecule has 0 aliphatic heterocycles. The third kappa shape index (κ3) is 6.03. The summed E-state index contributed by atoms with van der Waals surface area (Å²) in [6, 6.07) is 0. The van der Waals surface area contributed by atoms with Gasteiger partial charge in [0.2, 0.25) is 5.91 Å². The third-order valence-electron chi connectivity index (χ3n) is 2.01. The average Bonchev–Trinajstić information content (AvgIpc) is 2.74. The van der Waals surface area contributed by atoms with E-state index < -0.39 is 5.60 Å². The highest BCUT2D eigenvalue weighted by Crippen LogP contribution is 2.09. The Kier molecular flexibility index (Phi) is 4.88. The van der Waals surface area contributed by atoms with Crippen LogP contribution in [0.2, 0.25) is 0 Å². The molecule has 0 aliphatic carbocycles. The van der Waals surface area contributed by atoms with Gasteiger partial charge >= 0.3 is 5.97 Å². The van der Waals surface area contributed by atoms with E-state index in [4.69, 9.17) is 4.74 Å². The molecule has 0 aromatic carbocycles. The Morgan fingerprint density at radius 2 is 2.11 bits per heavy atom. The minimum absolute atomic E-state index is 0.0894. The van der Waals surface area contributed by atoms with Crippen LogP contribution in [0.3, 0.4) is 0 Å². The van der Waals surface area contributed by atoms with E-state index in [1.54, 1.807) is 33.3 Å². The van der Waals surface area contributed by atoms with Gasteiger partial charge in [0.15, 0.2) is 0 Å². The highest BCUT2D eigenvalue weighted by molar-refractivity contribution is 5.81. The van der Waals surface area contributed by atoms with Crippen molar-refractivity contribution in [2.75, 3.05) is 0 Å². The molecule has 6 heteroatoms. The maximum Gasteiger partial charge on any atom is 0.306 e. The number of hydrogen-bond donors (Lipinski definition) is 2. The van der Waals surface area contributed by atoms with Gasteiger partial charge in [0.05, 0.1) is 25.0 Å². The van der Waals surface area contributed by atoms with Gasteiger partial charge in [0, 0.05) is 12.6 Å². The average molecular weight is 253 g/mol. The van der Waals surface area contributed by atoms with Crippen LogP contribution in [0.25, 0.3) is 0 Å². The Labute approximate surface area is 106 Å². The highest BCUT2D eigenvalue weighted by atomic mass is 16.6. The summed E-state index contributed by atoms with van der Waals surface area (Å²) in [6.45, 7) is 5.77. The topological polar surface area (TPSA) is 84.1 Å². The molecule has 0 saturated carbocycles. The maximum atomic E-state index is 11.5. The van der Waals surface area contributed by atoms with Crippen molar-refractivity contribution in [2.45, 2.75) is 45.8 Å². The second-order valence-electron chi connectivity index (χ2n) is 4.94. The maximum absolute atomic E-state index is 11.5. The van der Waals surface area contributed by atoms with E-state index in [9.17, 15) is 9.59 Å². The summed E-state index contributed by atoms with van der Waals surface area (Å²) in [5, 5.41) is 2.69. The molecule has 0 saturated heterocycles. The van der Waals surface area contributed by atoms with Gasteiger partial charge in [-0.25, -0.2) is 4.98 Å². The van der Waals surface area contributed by atoms with Crippen LogP contribution in [-0.4, -0.2) is 27.4 Å². The zero-order valence-electron chi connectivity index (χ0n) is 10.9. The number of carbonyl (C=O) groups is 2.